The molecule has 4 amide bonds. The molecule has 1 N–H and O–H groups in total. The summed E-state index contributed by atoms with van der Waals surface area (Å²) in [5.41, 5.74) is 3.75. The fourth-order valence-electron chi connectivity index (χ4n) is 9.56. The number of amidine groups is 1. The highest BCUT2D eigenvalue weighted by Gasteiger charge is 2.81. The van der Waals surface area contributed by atoms with Gasteiger partial charge in [0.25, 0.3) is 11.8 Å². The number of carbonyl (C=O) groups excluding carboxylic acids is 3. The second-order valence-corrected chi connectivity index (χ2v) is 16.6. The van der Waals surface area contributed by atoms with Crippen LogP contribution in [0, 0.1) is 34.0 Å². The number of thioether (sulfide) groups is 1. The first-order chi connectivity index (χ1) is 28.8. The third-order valence-corrected chi connectivity index (χ3v) is 13.8. The standard InChI is InChI=1S/C39H36BrN7O3S.3C2H3N/c1-5-46-31-19-13-12-18-29(31)36(32(46)48)37(30(24-43(36)2)25-20-22-28(40)23-21-25)33(49)47-34(51-37)41-38(26-14-8-6-9-15-26)39(42-47,27-16-10-7-11-17-27)45(4)35(50)44(38)3;3*1-2-3/h6-23,30,42H,5,24H2,1-4H3;3*1H3/t30-,36+,37-,38+,39-;;;/m0.../s1. The van der Waals surface area contributed by atoms with Crippen LogP contribution in [0.3, 0.4) is 0 Å². The number of likely N-dealkylation sites (tertiary alicyclic amines) is 1. The molecular weight excluding hydrogens is 841 g/mol. The van der Waals surface area contributed by atoms with Crippen molar-refractivity contribution in [2.75, 3.05) is 39.1 Å². The predicted molar refractivity (Wildman–Crippen MR) is 234 cm³/mol. The van der Waals surface area contributed by atoms with Crippen molar-refractivity contribution in [2.45, 2.75) is 55.2 Å². The Bertz CT molecular complexity index is 2420. The quantitative estimate of drug-likeness (QED) is 0.223. The van der Waals surface area contributed by atoms with E-state index >= 15 is 9.59 Å². The highest BCUT2D eigenvalue weighted by atomic mass is 79.9. The Morgan fingerprint density at radius 2 is 1.30 bits per heavy atom. The molecule has 0 bridgehead atoms. The molecule has 9 rings (SSSR count). The lowest BCUT2D eigenvalue weighted by atomic mass is 9.72. The predicted octanol–water partition coefficient (Wildman–Crippen LogP) is 7.22. The number of anilines is 1. The summed E-state index contributed by atoms with van der Waals surface area (Å²) in [5, 5.41) is 23.9. The number of rotatable bonds is 4. The van der Waals surface area contributed by atoms with Gasteiger partial charge in [0, 0.05) is 75.2 Å². The first-order valence-corrected chi connectivity index (χ1v) is 20.8. The first-order valence-electron chi connectivity index (χ1n) is 19.2. The van der Waals surface area contributed by atoms with E-state index in [4.69, 9.17) is 20.8 Å². The van der Waals surface area contributed by atoms with Crippen LogP contribution in [0.4, 0.5) is 10.5 Å². The molecule has 306 valence electrons. The van der Waals surface area contributed by atoms with E-state index in [1.807, 2.05) is 128 Å². The molecule has 4 aromatic rings. The van der Waals surface area contributed by atoms with Gasteiger partial charge in [-0.25, -0.2) is 14.8 Å². The van der Waals surface area contributed by atoms with Gasteiger partial charge in [-0.3, -0.25) is 24.3 Å². The summed E-state index contributed by atoms with van der Waals surface area (Å²) in [7, 11) is 5.47. The van der Waals surface area contributed by atoms with Crippen molar-refractivity contribution >= 4 is 56.4 Å². The van der Waals surface area contributed by atoms with E-state index in [2.05, 4.69) is 26.3 Å². The number of hydrazine groups is 1. The molecule has 3 fully saturated rings. The summed E-state index contributed by atoms with van der Waals surface area (Å²) in [6, 6.07) is 40.4. The maximum atomic E-state index is 16.0. The molecule has 13 nitrogen and oxygen atoms in total. The van der Waals surface area contributed by atoms with Gasteiger partial charge in [0.15, 0.2) is 16.4 Å². The fraction of sp³-hybridized carbons (Fsp3) is 0.311. The molecule has 5 heterocycles. The van der Waals surface area contributed by atoms with Gasteiger partial charge in [0.2, 0.25) is 5.66 Å². The molecule has 2 spiro atoms. The molecule has 15 heteroatoms. The number of halogens is 1. The van der Waals surface area contributed by atoms with E-state index in [9.17, 15) is 4.79 Å². The number of aliphatic imine (C=N–C) groups is 1. The Morgan fingerprint density at radius 3 is 1.87 bits per heavy atom. The Balaban J connectivity index is 0.000000619. The van der Waals surface area contributed by atoms with Crippen molar-refractivity contribution in [3.05, 3.63) is 136 Å². The molecule has 0 aromatic heterocycles. The molecule has 0 saturated carbocycles. The Hall–Kier alpha value is -6.02. The Kier molecular flexibility index (Phi) is 12.3. The number of para-hydroxylation sites is 1. The summed E-state index contributed by atoms with van der Waals surface area (Å²) in [6.45, 7) is 7.17. The zero-order valence-corrected chi connectivity index (χ0v) is 36.8. The van der Waals surface area contributed by atoms with E-state index in [1.165, 1.54) is 32.5 Å². The summed E-state index contributed by atoms with van der Waals surface area (Å²) >= 11 is 4.94. The number of likely N-dealkylation sites (N-methyl/N-ethyl adjacent to an activating group) is 4. The molecule has 3 saturated heterocycles. The topological polar surface area (TPSA) is 163 Å². The maximum absolute atomic E-state index is 16.0. The Morgan fingerprint density at radius 1 is 0.767 bits per heavy atom. The molecule has 0 unspecified atom stereocenters. The van der Waals surface area contributed by atoms with Crippen LogP contribution in [0.2, 0.25) is 0 Å². The van der Waals surface area contributed by atoms with Crippen molar-refractivity contribution in [2.24, 2.45) is 4.99 Å². The summed E-state index contributed by atoms with van der Waals surface area (Å²) in [5.74, 6) is -0.818. The lowest BCUT2D eigenvalue weighted by molar-refractivity contribution is -0.145. The third-order valence-electron chi connectivity index (χ3n) is 11.7. The van der Waals surface area contributed by atoms with Crippen LogP contribution in [0.1, 0.15) is 55.9 Å². The molecule has 5 aliphatic heterocycles. The normalized spacial score (nSPS) is 26.9. The van der Waals surface area contributed by atoms with Gasteiger partial charge in [-0.05, 0) is 43.3 Å². The van der Waals surface area contributed by atoms with E-state index in [-0.39, 0.29) is 17.8 Å². The number of nitrogens with one attached hydrogen (secondary N) is 1. The van der Waals surface area contributed by atoms with Crippen molar-refractivity contribution in [1.82, 2.24) is 25.1 Å². The van der Waals surface area contributed by atoms with Crippen molar-refractivity contribution in [3.63, 3.8) is 0 Å². The molecule has 4 aromatic carbocycles. The minimum atomic E-state index is -1.38. The van der Waals surface area contributed by atoms with E-state index in [0.29, 0.717) is 18.3 Å². The second-order valence-electron chi connectivity index (χ2n) is 14.4. The number of hydrogen-bond donors (Lipinski definition) is 1. The van der Waals surface area contributed by atoms with Crippen molar-refractivity contribution in [3.8, 4) is 18.2 Å². The number of nitrogens with zero attached hydrogens (tertiary/aromatic N) is 9. The number of fused-ring (bicyclic) bond motifs is 5. The highest BCUT2D eigenvalue weighted by molar-refractivity contribution is 9.10. The fourth-order valence-corrected chi connectivity index (χ4v) is 11.5. The number of carbonyl (C=O) groups is 3. The molecule has 0 aliphatic carbocycles. The van der Waals surface area contributed by atoms with E-state index < -0.39 is 27.5 Å². The molecule has 5 atom stereocenters. The maximum Gasteiger partial charge on any atom is 0.323 e. The largest absolute Gasteiger partial charge is 0.323 e. The average molecular weight is 886 g/mol. The second kappa shape index (κ2) is 16.9. The average Bonchev–Trinajstić information content (AvgIpc) is 3.85. The molecule has 5 aliphatic rings. The van der Waals surface area contributed by atoms with E-state index in [1.54, 1.807) is 47.1 Å². The van der Waals surface area contributed by atoms with Gasteiger partial charge in [-0.2, -0.15) is 21.2 Å². The monoisotopic (exact) mass is 884 g/mol. The summed E-state index contributed by atoms with van der Waals surface area (Å²) in [6.07, 6.45) is 0. The molecule has 0 radical (unpaired) electrons. The molecular formula is C45H45BrN10O3S. The minimum Gasteiger partial charge on any atom is -0.310 e. The number of hydrogen-bond acceptors (Lipinski definition) is 10. The number of amides is 4. The lowest BCUT2D eigenvalue weighted by Crippen LogP contribution is -2.72. The van der Waals surface area contributed by atoms with Crippen LogP contribution in [-0.2, 0) is 26.5 Å². The smallest absolute Gasteiger partial charge is 0.310 e. The van der Waals surface area contributed by atoms with Crippen LogP contribution in [0.15, 0.2) is 119 Å². The highest BCUT2D eigenvalue weighted by Crippen LogP contribution is 2.68. The van der Waals surface area contributed by atoms with Crippen LogP contribution in [0.5, 0.6) is 0 Å². The van der Waals surface area contributed by atoms with Crippen molar-refractivity contribution < 1.29 is 14.4 Å². The third kappa shape index (κ3) is 5.85. The van der Waals surface area contributed by atoms with Crippen molar-refractivity contribution in [1.29, 1.82) is 15.8 Å². The Labute approximate surface area is 363 Å². The number of nitriles is 3. The number of benzene rings is 4. The van der Waals surface area contributed by atoms with E-state index in [0.717, 1.165) is 32.4 Å². The van der Waals surface area contributed by atoms with Gasteiger partial charge < -0.3 is 4.90 Å². The van der Waals surface area contributed by atoms with Crippen LogP contribution >= 0.6 is 27.7 Å². The van der Waals surface area contributed by atoms with Gasteiger partial charge >= 0.3 is 6.03 Å². The van der Waals surface area contributed by atoms with Gasteiger partial charge in [0.05, 0.1) is 18.2 Å². The van der Waals surface area contributed by atoms with Crippen LogP contribution in [0.25, 0.3) is 0 Å². The zero-order valence-electron chi connectivity index (χ0n) is 34.4. The van der Waals surface area contributed by atoms with Gasteiger partial charge in [-0.15, -0.1) is 0 Å². The molecule has 60 heavy (non-hydrogen) atoms. The first kappa shape index (κ1) is 43.6. The number of urea groups is 1. The van der Waals surface area contributed by atoms with Crippen LogP contribution in [-0.4, -0.2) is 81.7 Å². The summed E-state index contributed by atoms with van der Waals surface area (Å²) in [4.78, 5) is 58.2. The zero-order chi connectivity index (χ0) is 43.6. The van der Waals surface area contributed by atoms with Crippen LogP contribution < -0.4 is 10.3 Å². The van der Waals surface area contributed by atoms with Gasteiger partial charge in [0.1, 0.15) is 4.75 Å². The lowest BCUT2D eigenvalue weighted by Gasteiger charge is -2.51. The minimum absolute atomic E-state index is 0.130. The summed E-state index contributed by atoms with van der Waals surface area (Å²) < 4.78 is -0.457. The SMILES string of the molecule is CC#N.CC#N.CC#N.CCN1C(=O)[C@@]2(c3ccccc31)N(C)C[C@@H](c1ccc(Br)cc1)[C@@]21SC2=N[C@]3(c4ccccc4)N(C)C(=O)N(C)[C@]3(c3ccccc3)NN2C1=O. The van der Waals surface area contributed by atoms with Gasteiger partial charge in [-0.1, -0.05) is 119 Å².